The van der Waals surface area contributed by atoms with Crippen molar-refractivity contribution >= 4 is 46.1 Å². The van der Waals surface area contributed by atoms with Crippen molar-refractivity contribution in [3.8, 4) is 5.00 Å². The summed E-state index contributed by atoms with van der Waals surface area (Å²) in [4.78, 5) is 46.6. The molecule has 0 fully saturated rings. The van der Waals surface area contributed by atoms with Gasteiger partial charge in [0.15, 0.2) is 5.82 Å². The number of carbonyl (C=O) groups excluding carboxylic acids is 3. The van der Waals surface area contributed by atoms with Crippen molar-refractivity contribution in [2.45, 2.75) is 72.2 Å². The standard InChI is InChI=1S/C41H44N8O4S/c1-6-36(51)48-23(2)19-33(32-9-7-8-10-34(32)48)45-30-17-15-29(16-18-30)40(53)44-21-31(50)20-43-39(52)28-13-11-27(12-14-28)38-37-24(3)25(4)54-41(37)49-26(5)46-47-35(49)22-42-38/h7-18,23,31,33,45,50H,6,19-22H2,1-5H3,(H,43,52)(H,44,53)/t23-,31?,33+/m0/s1. The van der Waals surface area contributed by atoms with Crippen LogP contribution in [0.25, 0.3) is 5.00 Å². The number of fused-ring (bicyclic) bond motifs is 4. The zero-order valence-corrected chi connectivity index (χ0v) is 31.8. The molecule has 13 heteroatoms. The van der Waals surface area contributed by atoms with Gasteiger partial charge in [0.1, 0.15) is 17.4 Å². The molecule has 0 saturated carbocycles. The second-order valence-electron chi connectivity index (χ2n) is 13.8. The van der Waals surface area contributed by atoms with Gasteiger partial charge in [-0.3, -0.25) is 23.9 Å². The maximum absolute atomic E-state index is 13.0. The molecular formula is C41H44N8O4S. The highest BCUT2D eigenvalue weighted by Crippen LogP contribution is 2.39. The number of rotatable bonds is 10. The van der Waals surface area contributed by atoms with Crippen LogP contribution in [0, 0.1) is 20.8 Å². The second-order valence-corrected chi connectivity index (χ2v) is 15.0. The van der Waals surface area contributed by atoms with Gasteiger partial charge in [0.2, 0.25) is 5.91 Å². The summed E-state index contributed by atoms with van der Waals surface area (Å²) in [6.45, 7) is 10.4. The molecule has 2 aliphatic rings. The fraction of sp³-hybridized carbons (Fsp3) is 0.317. The number of amides is 3. The first-order valence-corrected chi connectivity index (χ1v) is 19.0. The van der Waals surface area contributed by atoms with Gasteiger partial charge in [-0.1, -0.05) is 37.3 Å². The average molecular weight is 745 g/mol. The minimum Gasteiger partial charge on any atom is -0.389 e. The van der Waals surface area contributed by atoms with Gasteiger partial charge in [-0.05, 0) is 87.7 Å². The molecule has 54 heavy (non-hydrogen) atoms. The van der Waals surface area contributed by atoms with Crippen LogP contribution in [0.2, 0.25) is 0 Å². The number of aliphatic hydroxyl groups excluding tert-OH is 1. The molecule has 4 N–H and O–H groups in total. The third-order valence-electron chi connectivity index (χ3n) is 10.1. The normalized spacial score (nSPS) is 16.6. The summed E-state index contributed by atoms with van der Waals surface area (Å²) in [7, 11) is 0. The number of para-hydroxylation sites is 1. The van der Waals surface area contributed by atoms with Crippen LogP contribution in [0.1, 0.15) is 92.2 Å². The minimum atomic E-state index is -0.987. The number of aliphatic imine (C=N–C) groups is 1. The number of aryl methyl sites for hydroxylation is 2. The van der Waals surface area contributed by atoms with Crippen molar-refractivity contribution < 1.29 is 19.5 Å². The molecule has 5 aromatic rings. The zero-order valence-electron chi connectivity index (χ0n) is 31.0. The van der Waals surface area contributed by atoms with Crippen LogP contribution < -0.4 is 20.9 Å². The van der Waals surface area contributed by atoms with Crippen molar-refractivity contribution in [1.82, 2.24) is 25.4 Å². The van der Waals surface area contributed by atoms with Crippen molar-refractivity contribution in [1.29, 1.82) is 0 Å². The van der Waals surface area contributed by atoms with E-state index in [-0.39, 0.29) is 42.9 Å². The predicted molar refractivity (Wildman–Crippen MR) is 211 cm³/mol. The van der Waals surface area contributed by atoms with Crippen molar-refractivity contribution in [2.75, 3.05) is 23.3 Å². The Hall–Kier alpha value is -5.66. The van der Waals surface area contributed by atoms with Gasteiger partial charge < -0.3 is 26.0 Å². The monoisotopic (exact) mass is 744 g/mol. The summed E-state index contributed by atoms with van der Waals surface area (Å²) in [5.74, 6) is 1.05. The Morgan fingerprint density at radius 2 is 1.56 bits per heavy atom. The van der Waals surface area contributed by atoms with E-state index < -0.39 is 6.10 Å². The third kappa shape index (κ3) is 7.16. The molecule has 278 valence electrons. The zero-order chi connectivity index (χ0) is 38.1. The van der Waals surface area contributed by atoms with Crippen molar-refractivity contribution in [3.63, 3.8) is 0 Å². The molecule has 0 radical (unpaired) electrons. The van der Waals surface area contributed by atoms with Crippen LogP contribution in [0.5, 0.6) is 0 Å². The van der Waals surface area contributed by atoms with Crippen LogP contribution in [0.4, 0.5) is 11.4 Å². The Morgan fingerprint density at radius 3 is 2.22 bits per heavy atom. The lowest BCUT2D eigenvalue weighted by Crippen LogP contribution is -2.44. The molecule has 0 saturated heterocycles. The Balaban J connectivity index is 0.912. The van der Waals surface area contributed by atoms with Crippen LogP contribution in [-0.2, 0) is 11.3 Å². The summed E-state index contributed by atoms with van der Waals surface area (Å²) in [6, 6.07) is 22.5. The first kappa shape index (κ1) is 36.7. The summed E-state index contributed by atoms with van der Waals surface area (Å²) in [5, 5.41) is 29.3. The van der Waals surface area contributed by atoms with E-state index in [1.807, 2.05) is 67.3 Å². The van der Waals surface area contributed by atoms with E-state index in [1.54, 1.807) is 35.6 Å². The predicted octanol–water partition coefficient (Wildman–Crippen LogP) is 5.81. The number of carbonyl (C=O) groups is 3. The largest absolute Gasteiger partial charge is 0.389 e. The van der Waals surface area contributed by atoms with Crippen LogP contribution in [-0.4, -0.2) is 68.5 Å². The van der Waals surface area contributed by atoms with Crippen molar-refractivity contribution in [2.24, 2.45) is 4.99 Å². The summed E-state index contributed by atoms with van der Waals surface area (Å²) < 4.78 is 2.07. The summed E-state index contributed by atoms with van der Waals surface area (Å²) >= 11 is 1.69. The summed E-state index contributed by atoms with van der Waals surface area (Å²) in [5.41, 5.74) is 7.68. The van der Waals surface area contributed by atoms with E-state index in [0.29, 0.717) is 24.1 Å². The minimum absolute atomic E-state index is 0.00749. The van der Waals surface area contributed by atoms with E-state index in [2.05, 4.69) is 51.5 Å². The van der Waals surface area contributed by atoms with E-state index in [9.17, 15) is 19.5 Å². The molecule has 3 atom stereocenters. The number of hydrogen-bond acceptors (Lipinski definition) is 9. The number of benzene rings is 3. The van der Waals surface area contributed by atoms with Gasteiger partial charge >= 0.3 is 0 Å². The number of thiophene rings is 1. The topological polar surface area (TPSA) is 154 Å². The molecular weight excluding hydrogens is 701 g/mol. The molecule has 12 nitrogen and oxygen atoms in total. The molecule has 2 aromatic heterocycles. The molecule has 7 rings (SSSR count). The number of anilines is 2. The number of hydrogen-bond donors (Lipinski definition) is 4. The molecule has 3 aromatic carbocycles. The molecule has 2 aliphatic heterocycles. The lowest BCUT2D eigenvalue weighted by Gasteiger charge is -2.40. The lowest BCUT2D eigenvalue weighted by molar-refractivity contribution is -0.118. The third-order valence-corrected chi connectivity index (χ3v) is 11.3. The Kier molecular flexibility index (Phi) is 10.4. The number of nitrogens with zero attached hydrogens (tertiary/aromatic N) is 5. The Morgan fingerprint density at radius 1 is 0.907 bits per heavy atom. The van der Waals surface area contributed by atoms with E-state index >= 15 is 0 Å². The van der Waals surface area contributed by atoms with Gasteiger partial charge in [-0.2, -0.15) is 0 Å². The summed E-state index contributed by atoms with van der Waals surface area (Å²) in [6.07, 6.45) is 0.212. The second kappa shape index (κ2) is 15.4. The van der Waals surface area contributed by atoms with Crippen molar-refractivity contribution in [3.05, 3.63) is 123 Å². The fourth-order valence-corrected chi connectivity index (χ4v) is 8.40. The maximum atomic E-state index is 13.0. The van der Waals surface area contributed by atoms with Gasteiger partial charge in [-0.25, -0.2) is 0 Å². The molecule has 1 unspecified atom stereocenters. The van der Waals surface area contributed by atoms with Crippen LogP contribution >= 0.6 is 11.3 Å². The highest BCUT2D eigenvalue weighted by atomic mass is 32.1. The first-order chi connectivity index (χ1) is 26.0. The first-order valence-electron chi connectivity index (χ1n) is 18.2. The number of nitrogens with one attached hydrogen (secondary N) is 3. The van der Waals surface area contributed by atoms with E-state index in [0.717, 1.165) is 62.4 Å². The molecule has 4 heterocycles. The fourth-order valence-electron chi connectivity index (χ4n) is 7.18. The van der Waals surface area contributed by atoms with E-state index in [1.165, 1.54) is 4.88 Å². The smallest absolute Gasteiger partial charge is 0.251 e. The molecule has 3 amide bonds. The quantitative estimate of drug-likeness (QED) is 0.141. The van der Waals surface area contributed by atoms with Gasteiger partial charge in [-0.15, -0.1) is 21.5 Å². The lowest BCUT2D eigenvalue weighted by atomic mass is 9.91. The Bertz CT molecular complexity index is 2240. The molecule has 0 aliphatic carbocycles. The Labute approximate surface area is 318 Å². The number of aromatic nitrogens is 3. The highest BCUT2D eigenvalue weighted by Gasteiger charge is 2.33. The van der Waals surface area contributed by atoms with Gasteiger partial charge in [0.25, 0.3) is 11.8 Å². The van der Waals surface area contributed by atoms with Crippen LogP contribution in [0.15, 0.2) is 77.8 Å². The van der Waals surface area contributed by atoms with Gasteiger partial charge in [0, 0.05) is 64.1 Å². The highest BCUT2D eigenvalue weighted by molar-refractivity contribution is 7.15. The average Bonchev–Trinajstić information content (AvgIpc) is 3.63. The molecule has 0 spiro atoms. The number of aliphatic hydroxyl groups is 1. The van der Waals surface area contributed by atoms with Crippen LogP contribution in [0.3, 0.4) is 0 Å². The molecule has 0 bridgehead atoms. The van der Waals surface area contributed by atoms with E-state index in [4.69, 9.17) is 4.99 Å². The maximum Gasteiger partial charge on any atom is 0.251 e. The van der Waals surface area contributed by atoms with Gasteiger partial charge in [0.05, 0.1) is 17.9 Å². The SMILES string of the molecule is CCC(=O)N1c2ccccc2[C@H](Nc2ccc(C(=O)NCC(O)CNC(=O)c3ccc(C4=NCc5nnc(C)n5-c5sc(C)c(C)c54)cc3)cc2)C[C@@H]1C.